The fourth-order valence-electron chi connectivity index (χ4n) is 4.14. The van der Waals surface area contributed by atoms with E-state index in [0.717, 1.165) is 31.2 Å². The lowest BCUT2D eigenvalue weighted by atomic mass is 10.0. The Hall–Kier alpha value is -2.95. The molecule has 0 radical (unpaired) electrons. The molecule has 4 rings (SSSR count). The standard InChI is InChI=1S/C25H24FIN2O5/c1-2-33-21-13-16(12-20(27)22(21)34-14-15-7-9-17(26)10-8-15)11-19-23(30)28-25(32)29(24(19)31)18-5-3-4-6-18/h7-13,18H,2-6,14H2,1H3,(H,28,30,32)/b19-11+. The van der Waals surface area contributed by atoms with Crippen LogP contribution in [-0.4, -0.2) is 35.4 Å². The molecule has 1 saturated carbocycles. The monoisotopic (exact) mass is 578 g/mol. The molecule has 1 aliphatic carbocycles. The molecule has 2 fully saturated rings. The summed E-state index contributed by atoms with van der Waals surface area (Å²) in [5.74, 6) is -0.647. The number of hydrogen-bond donors (Lipinski definition) is 1. The van der Waals surface area contributed by atoms with Gasteiger partial charge in [0, 0.05) is 6.04 Å². The van der Waals surface area contributed by atoms with E-state index in [4.69, 9.17) is 9.47 Å². The van der Waals surface area contributed by atoms with Crippen molar-refractivity contribution in [3.63, 3.8) is 0 Å². The molecular formula is C25H24FIN2O5. The van der Waals surface area contributed by atoms with Gasteiger partial charge in [-0.3, -0.25) is 19.8 Å². The van der Waals surface area contributed by atoms with Crippen molar-refractivity contribution in [2.24, 2.45) is 0 Å². The van der Waals surface area contributed by atoms with Crippen LogP contribution in [0.1, 0.15) is 43.7 Å². The van der Waals surface area contributed by atoms with E-state index in [1.807, 2.05) is 6.92 Å². The number of urea groups is 1. The van der Waals surface area contributed by atoms with E-state index in [1.165, 1.54) is 23.1 Å². The highest BCUT2D eigenvalue weighted by atomic mass is 127. The molecule has 0 spiro atoms. The minimum atomic E-state index is -0.714. The summed E-state index contributed by atoms with van der Waals surface area (Å²) in [5.41, 5.74) is 1.28. The Morgan fingerprint density at radius 1 is 1.12 bits per heavy atom. The van der Waals surface area contributed by atoms with E-state index in [-0.39, 0.29) is 24.0 Å². The zero-order valence-electron chi connectivity index (χ0n) is 18.6. The maximum Gasteiger partial charge on any atom is 0.331 e. The van der Waals surface area contributed by atoms with Gasteiger partial charge in [-0.1, -0.05) is 25.0 Å². The second-order valence-electron chi connectivity index (χ2n) is 8.11. The normalized spacial score (nSPS) is 17.9. The number of nitrogens with zero attached hydrogens (tertiary/aromatic N) is 1. The Bertz CT molecular complexity index is 1140. The topological polar surface area (TPSA) is 84.9 Å². The van der Waals surface area contributed by atoms with E-state index < -0.39 is 17.8 Å². The van der Waals surface area contributed by atoms with Crippen LogP contribution in [0.5, 0.6) is 11.5 Å². The van der Waals surface area contributed by atoms with E-state index >= 15 is 0 Å². The maximum absolute atomic E-state index is 13.2. The number of barbiturate groups is 1. The van der Waals surface area contributed by atoms with Crippen LogP contribution in [0.4, 0.5) is 9.18 Å². The van der Waals surface area contributed by atoms with Crippen molar-refractivity contribution < 1.29 is 28.2 Å². The Morgan fingerprint density at radius 3 is 2.50 bits per heavy atom. The number of carbonyl (C=O) groups is 3. The zero-order valence-corrected chi connectivity index (χ0v) is 20.8. The van der Waals surface area contributed by atoms with Gasteiger partial charge >= 0.3 is 6.03 Å². The third kappa shape index (κ3) is 5.24. The minimum absolute atomic E-state index is 0.0928. The van der Waals surface area contributed by atoms with Gasteiger partial charge in [0.1, 0.15) is 18.0 Å². The predicted octanol–water partition coefficient (Wildman–Crippen LogP) is 4.81. The van der Waals surface area contributed by atoms with Gasteiger partial charge < -0.3 is 9.47 Å². The van der Waals surface area contributed by atoms with Crippen molar-refractivity contribution in [1.82, 2.24) is 10.2 Å². The van der Waals surface area contributed by atoms with Gasteiger partial charge in [0.05, 0.1) is 10.2 Å². The average molecular weight is 578 g/mol. The number of amides is 4. The fraction of sp³-hybridized carbons (Fsp3) is 0.320. The number of imide groups is 2. The lowest BCUT2D eigenvalue weighted by molar-refractivity contribution is -0.131. The van der Waals surface area contributed by atoms with Crippen LogP contribution in [0.2, 0.25) is 0 Å². The van der Waals surface area contributed by atoms with Crippen LogP contribution in [-0.2, 0) is 16.2 Å². The van der Waals surface area contributed by atoms with E-state index in [0.29, 0.717) is 27.2 Å². The van der Waals surface area contributed by atoms with Crippen LogP contribution < -0.4 is 14.8 Å². The van der Waals surface area contributed by atoms with Crippen molar-refractivity contribution in [2.45, 2.75) is 45.3 Å². The molecule has 4 amide bonds. The largest absolute Gasteiger partial charge is 0.490 e. The van der Waals surface area contributed by atoms with Gasteiger partial charge in [-0.05, 0) is 83.8 Å². The highest BCUT2D eigenvalue weighted by Gasteiger charge is 2.40. The van der Waals surface area contributed by atoms with Gasteiger partial charge in [0.2, 0.25) is 0 Å². The third-order valence-corrected chi connectivity index (χ3v) is 6.56. The molecule has 34 heavy (non-hydrogen) atoms. The molecule has 9 heteroatoms. The minimum Gasteiger partial charge on any atom is -0.490 e. The quantitative estimate of drug-likeness (QED) is 0.290. The predicted molar refractivity (Wildman–Crippen MR) is 132 cm³/mol. The van der Waals surface area contributed by atoms with Crippen LogP contribution in [0.25, 0.3) is 6.08 Å². The number of benzene rings is 2. The van der Waals surface area contributed by atoms with Crippen LogP contribution in [0.3, 0.4) is 0 Å². The number of hydrogen-bond acceptors (Lipinski definition) is 5. The summed E-state index contributed by atoms with van der Waals surface area (Å²) in [6.45, 7) is 2.44. The highest BCUT2D eigenvalue weighted by molar-refractivity contribution is 14.1. The molecule has 2 aromatic rings. The van der Waals surface area contributed by atoms with Crippen LogP contribution in [0.15, 0.2) is 42.0 Å². The molecule has 2 aromatic carbocycles. The maximum atomic E-state index is 13.2. The summed E-state index contributed by atoms with van der Waals surface area (Å²) in [5, 5.41) is 2.29. The Balaban J connectivity index is 1.61. The lowest BCUT2D eigenvalue weighted by Gasteiger charge is -2.31. The first kappa shape index (κ1) is 24.2. The molecule has 1 saturated heterocycles. The van der Waals surface area contributed by atoms with E-state index in [2.05, 4.69) is 27.9 Å². The van der Waals surface area contributed by atoms with Gasteiger partial charge in [0.15, 0.2) is 11.5 Å². The number of halogens is 2. The zero-order chi connectivity index (χ0) is 24.2. The van der Waals surface area contributed by atoms with Gasteiger partial charge in [-0.25, -0.2) is 9.18 Å². The smallest absolute Gasteiger partial charge is 0.331 e. The summed E-state index contributed by atoms with van der Waals surface area (Å²) in [6.07, 6.45) is 4.86. The van der Waals surface area contributed by atoms with Gasteiger partial charge in [-0.2, -0.15) is 0 Å². The number of rotatable bonds is 7. The highest BCUT2D eigenvalue weighted by Crippen LogP contribution is 2.36. The Morgan fingerprint density at radius 2 is 1.82 bits per heavy atom. The summed E-state index contributed by atoms with van der Waals surface area (Å²) >= 11 is 2.10. The average Bonchev–Trinajstić information content (AvgIpc) is 3.32. The molecule has 0 bridgehead atoms. The Labute approximate surface area is 210 Å². The van der Waals surface area contributed by atoms with E-state index in [9.17, 15) is 18.8 Å². The van der Waals surface area contributed by atoms with Crippen molar-refractivity contribution in [1.29, 1.82) is 0 Å². The summed E-state index contributed by atoms with van der Waals surface area (Å²) in [4.78, 5) is 39.1. The molecule has 2 aliphatic rings. The summed E-state index contributed by atoms with van der Waals surface area (Å²) < 4.78 is 25.6. The second-order valence-corrected chi connectivity index (χ2v) is 9.27. The first-order valence-electron chi connectivity index (χ1n) is 11.1. The first-order chi connectivity index (χ1) is 16.4. The second kappa shape index (κ2) is 10.5. The molecule has 0 unspecified atom stereocenters. The van der Waals surface area contributed by atoms with Gasteiger partial charge in [-0.15, -0.1) is 0 Å². The van der Waals surface area contributed by atoms with Crippen molar-refractivity contribution in [3.05, 3.63) is 62.5 Å². The molecule has 1 heterocycles. The molecule has 178 valence electrons. The van der Waals surface area contributed by atoms with Crippen LogP contribution >= 0.6 is 22.6 Å². The van der Waals surface area contributed by atoms with Crippen molar-refractivity contribution >= 4 is 46.5 Å². The SMILES string of the molecule is CCOc1cc(/C=C2\C(=O)NC(=O)N(C3CCCC3)C2=O)cc(I)c1OCc1ccc(F)cc1. The Kier molecular flexibility index (Phi) is 7.50. The molecule has 0 aromatic heterocycles. The lowest BCUT2D eigenvalue weighted by Crippen LogP contribution is -2.57. The van der Waals surface area contributed by atoms with Crippen LogP contribution in [0, 0.1) is 9.39 Å². The number of nitrogens with one attached hydrogen (secondary N) is 1. The fourth-order valence-corrected chi connectivity index (χ4v) is 4.92. The third-order valence-electron chi connectivity index (χ3n) is 5.76. The molecule has 0 atom stereocenters. The molecule has 1 N–H and O–H groups in total. The number of carbonyl (C=O) groups excluding carboxylic acids is 3. The summed E-state index contributed by atoms with van der Waals surface area (Å²) in [7, 11) is 0. The molecule has 7 nitrogen and oxygen atoms in total. The molecular weight excluding hydrogens is 554 g/mol. The van der Waals surface area contributed by atoms with Crippen molar-refractivity contribution in [3.8, 4) is 11.5 Å². The van der Waals surface area contributed by atoms with Gasteiger partial charge in [0.25, 0.3) is 11.8 Å². The molecule has 1 aliphatic heterocycles. The number of ether oxygens (including phenoxy) is 2. The first-order valence-corrected chi connectivity index (χ1v) is 12.2. The summed E-state index contributed by atoms with van der Waals surface area (Å²) in [6, 6.07) is 8.64. The van der Waals surface area contributed by atoms with E-state index in [1.54, 1.807) is 24.3 Å². The van der Waals surface area contributed by atoms with Crippen molar-refractivity contribution in [2.75, 3.05) is 6.61 Å².